The van der Waals surface area contributed by atoms with E-state index in [0.717, 1.165) is 22.4 Å². The van der Waals surface area contributed by atoms with Crippen molar-refractivity contribution < 1.29 is 4.79 Å². The average Bonchev–Trinajstić information content (AvgIpc) is 3.07. The molecule has 0 aliphatic heterocycles. The van der Waals surface area contributed by atoms with Gasteiger partial charge in [0.15, 0.2) is 10.3 Å². The number of aryl methyl sites for hydroxylation is 2. The van der Waals surface area contributed by atoms with E-state index in [1.807, 2.05) is 43.5 Å². The molecule has 0 atom stereocenters. The topological polar surface area (TPSA) is 85.6 Å². The molecule has 0 radical (unpaired) electrons. The summed E-state index contributed by atoms with van der Waals surface area (Å²) >= 11 is 8.95. The van der Waals surface area contributed by atoms with E-state index in [1.54, 1.807) is 12.1 Å². The fourth-order valence-corrected chi connectivity index (χ4v) is 4.51. The Bertz CT molecular complexity index is 990. The van der Waals surface area contributed by atoms with Gasteiger partial charge in [0.25, 0.3) is 0 Å². The highest BCUT2D eigenvalue weighted by Gasteiger charge is 2.15. The van der Waals surface area contributed by atoms with E-state index in [2.05, 4.69) is 25.5 Å². The third-order valence-corrected chi connectivity index (χ3v) is 6.02. The fourth-order valence-electron chi connectivity index (χ4n) is 2.62. The Balaban J connectivity index is 1.60. The molecule has 0 bridgehead atoms. The summed E-state index contributed by atoms with van der Waals surface area (Å²) < 4.78 is 2.00. The lowest BCUT2D eigenvalue weighted by molar-refractivity contribution is -0.113. The molecule has 0 spiro atoms. The van der Waals surface area contributed by atoms with Crippen LogP contribution in [-0.2, 0) is 17.1 Å². The first-order valence-corrected chi connectivity index (χ1v) is 11.4. The van der Waals surface area contributed by atoms with E-state index in [1.165, 1.54) is 23.5 Å². The van der Waals surface area contributed by atoms with Crippen molar-refractivity contribution in [2.24, 2.45) is 0 Å². The second kappa shape index (κ2) is 10.1. The van der Waals surface area contributed by atoms with E-state index < -0.39 is 0 Å². The zero-order valence-electron chi connectivity index (χ0n) is 16.3. The van der Waals surface area contributed by atoms with E-state index in [9.17, 15) is 4.79 Å². The van der Waals surface area contributed by atoms with Gasteiger partial charge in [-0.15, -0.1) is 10.2 Å². The number of hydrogen-bond donors (Lipinski definition) is 1. The number of carbonyl (C=O) groups excluding carboxylic acids is 1. The third kappa shape index (κ3) is 5.94. The predicted octanol–water partition coefficient (Wildman–Crippen LogP) is 4.38. The minimum atomic E-state index is -0.145. The minimum Gasteiger partial charge on any atom is -0.324 e. The molecule has 3 aromatic rings. The zero-order chi connectivity index (χ0) is 20.8. The first kappa shape index (κ1) is 21.6. The molecule has 10 heteroatoms. The van der Waals surface area contributed by atoms with Gasteiger partial charge in [-0.1, -0.05) is 47.3 Å². The van der Waals surface area contributed by atoms with Crippen LogP contribution in [0, 0.1) is 13.8 Å². The van der Waals surface area contributed by atoms with Gasteiger partial charge in [-0.25, -0.2) is 9.97 Å². The lowest BCUT2D eigenvalue weighted by Crippen LogP contribution is -2.15. The molecule has 0 fully saturated rings. The number of anilines is 1. The summed E-state index contributed by atoms with van der Waals surface area (Å²) in [5, 5.41) is 13.3. The second-order valence-corrected chi connectivity index (χ2v) is 8.47. The van der Waals surface area contributed by atoms with Crippen LogP contribution in [0.1, 0.15) is 24.1 Å². The molecule has 2 aromatic heterocycles. The summed E-state index contributed by atoms with van der Waals surface area (Å²) in [5.41, 5.74) is 2.48. The number of rotatable bonds is 8. The fraction of sp³-hybridized carbons (Fsp3) is 0.316. The molecule has 0 unspecified atom stereocenters. The van der Waals surface area contributed by atoms with Crippen molar-refractivity contribution in [2.75, 3.05) is 11.1 Å². The van der Waals surface area contributed by atoms with Gasteiger partial charge in [-0.3, -0.25) is 4.79 Å². The number of halogens is 1. The standard InChI is InChI=1S/C19H21ClN6OS2/c1-4-26-16(10-28-18-21-12(2)9-13(3)22-18)24-25-19(26)29-11-17(27)23-15-8-6-5-7-14(15)20/h5-9H,4,10-11H2,1-3H3,(H,23,27). The first-order valence-electron chi connectivity index (χ1n) is 9.00. The normalized spacial score (nSPS) is 10.9. The maximum atomic E-state index is 12.3. The Kier molecular flexibility index (Phi) is 7.51. The monoisotopic (exact) mass is 448 g/mol. The number of hydrogen-bond acceptors (Lipinski definition) is 7. The van der Waals surface area contributed by atoms with Crippen molar-refractivity contribution >= 4 is 46.7 Å². The van der Waals surface area contributed by atoms with Gasteiger partial charge in [0, 0.05) is 17.9 Å². The summed E-state index contributed by atoms with van der Waals surface area (Å²) in [5.74, 6) is 1.51. The van der Waals surface area contributed by atoms with Gasteiger partial charge >= 0.3 is 0 Å². The van der Waals surface area contributed by atoms with E-state index in [4.69, 9.17) is 11.6 Å². The summed E-state index contributed by atoms with van der Waals surface area (Å²) in [7, 11) is 0. The van der Waals surface area contributed by atoms with Crippen LogP contribution in [0.15, 0.2) is 40.6 Å². The van der Waals surface area contributed by atoms with E-state index in [-0.39, 0.29) is 11.7 Å². The summed E-state index contributed by atoms with van der Waals surface area (Å²) in [6.45, 7) is 6.65. The Hall–Kier alpha value is -2.10. The molecule has 0 saturated heterocycles. The van der Waals surface area contributed by atoms with Gasteiger partial charge in [-0.2, -0.15) is 0 Å². The molecule has 1 amide bonds. The van der Waals surface area contributed by atoms with Crippen LogP contribution in [0.5, 0.6) is 0 Å². The molecular formula is C19H21ClN6OS2. The van der Waals surface area contributed by atoms with Gasteiger partial charge in [0.2, 0.25) is 5.91 Å². The summed E-state index contributed by atoms with van der Waals surface area (Å²) in [6, 6.07) is 9.09. The SMILES string of the molecule is CCn1c(CSc2nc(C)cc(C)n2)nnc1SCC(=O)Nc1ccccc1Cl. The molecule has 3 rings (SSSR count). The van der Waals surface area contributed by atoms with Crippen molar-refractivity contribution in [1.82, 2.24) is 24.7 Å². The quantitative estimate of drug-likeness (QED) is 0.404. The predicted molar refractivity (Wildman–Crippen MR) is 118 cm³/mol. The van der Waals surface area contributed by atoms with Crippen LogP contribution in [0.25, 0.3) is 0 Å². The van der Waals surface area contributed by atoms with Crippen LogP contribution in [-0.4, -0.2) is 36.4 Å². The van der Waals surface area contributed by atoms with E-state index in [0.29, 0.717) is 28.2 Å². The number of thioether (sulfide) groups is 2. The molecular weight excluding hydrogens is 428 g/mol. The van der Waals surface area contributed by atoms with Gasteiger partial charge in [0.05, 0.1) is 22.2 Å². The van der Waals surface area contributed by atoms with Crippen LogP contribution in [0.2, 0.25) is 5.02 Å². The number of carbonyl (C=O) groups is 1. The number of para-hydroxylation sites is 1. The van der Waals surface area contributed by atoms with Crippen molar-refractivity contribution in [2.45, 2.75) is 43.4 Å². The van der Waals surface area contributed by atoms with Crippen molar-refractivity contribution in [3.8, 4) is 0 Å². The molecule has 29 heavy (non-hydrogen) atoms. The highest BCUT2D eigenvalue weighted by molar-refractivity contribution is 7.99. The minimum absolute atomic E-state index is 0.145. The first-order chi connectivity index (χ1) is 14.0. The molecule has 1 aromatic carbocycles. The molecule has 2 heterocycles. The number of amides is 1. The van der Waals surface area contributed by atoms with Gasteiger partial charge in [-0.05, 0) is 39.0 Å². The van der Waals surface area contributed by atoms with E-state index >= 15 is 0 Å². The highest BCUT2D eigenvalue weighted by atomic mass is 35.5. The number of aromatic nitrogens is 5. The number of benzene rings is 1. The largest absolute Gasteiger partial charge is 0.324 e. The molecule has 152 valence electrons. The Morgan fingerprint density at radius 2 is 1.86 bits per heavy atom. The van der Waals surface area contributed by atoms with Gasteiger partial charge < -0.3 is 9.88 Å². The molecule has 0 saturated carbocycles. The Labute approximate surface area is 183 Å². The molecule has 0 aliphatic rings. The lowest BCUT2D eigenvalue weighted by Gasteiger charge is -2.08. The van der Waals surface area contributed by atoms with Crippen molar-refractivity contribution in [3.05, 3.63) is 52.6 Å². The third-order valence-electron chi connectivity index (χ3n) is 3.88. The number of nitrogens with one attached hydrogen (secondary N) is 1. The Morgan fingerprint density at radius 1 is 1.14 bits per heavy atom. The second-order valence-electron chi connectivity index (χ2n) is 6.18. The average molecular weight is 449 g/mol. The van der Waals surface area contributed by atoms with Crippen LogP contribution in [0.4, 0.5) is 5.69 Å². The lowest BCUT2D eigenvalue weighted by atomic mass is 10.3. The van der Waals surface area contributed by atoms with Crippen molar-refractivity contribution in [3.63, 3.8) is 0 Å². The van der Waals surface area contributed by atoms with Crippen LogP contribution < -0.4 is 5.32 Å². The molecule has 1 N–H and O–H groups in total. The zero-order valence-corrected chi connectivity index (χ0v) is 18.7. The maximum Gasteiger partial charge on any atom is 0.234 e. The maximum absolute atomic E-state index is 12.3. The van der Waals surface area contributed by atoms with Crippen LogP contribution >= 0.6 is 35.1 Å². The van der Waals surface area contributed by atoms with Crippen LogP contribution in [0.3, 0.4) is 0 Å². The smallest absolute Gasteiger partial charge is 0.234 e. The summed E-state index contributed by atoms with van der Waals surface area (Å²) in [4.78, 5) is 21.1. The number of nitrogens with zero attached hydrogens (tertiary/aromatic N) is 5. The van der Waals surface area contributed by atoms with Crippen molar-refractivity contribution in [1.29, 1.82) is 0 Å². The Morgan fingerprint density at radius 3 is 2.55 bits per heavy atom. The highest BCUT2D eigenvalue weighted by Crippen LogP contribution is 2.24. The molecule has 0 aliphatic carbocycles. The summed E-state index contributed by atoms with van der Waals surface area (Å²) in [6.07, 6.45) is 0. The molecule has 7 nitrogen and oxygen atoms in total. The van der Waals surface area contributed by atoms with Gasteiger partial charge in [0.1, 0.15) is 5.82 Å².